The summed E-state index contributed by atoms with van der Waals surface area (Å²) in [6.07, 6.45) is 0.908. The highest BCUT2D eigenvalue weighted by Gasteiger charge is 2.76. The van der Waals surface area contributed by atoms with Crippen LogP contribution in [0.2, 0.25) is 5.02 Å². The molecule has 1 fully saturated rings. The van der Waals surface area contributed by atoms with E-state index in [1.54, 1.807) is 0 Å². The average Bonchev–Trinajstić information content (AvgIpc) is 2.48. The molecular weight excluding hydrogens is 239 g/mol. The van der Waals surface area contributed by atoms with Gasteiger partial charge in [-0.15, -0.1) is 11.6 Å². The third-order valence-corrected chi connectivity index (χ3v) is 6.17. The zero-order valence-corrected chi connectivity index (χ0v) is 11.8. The summed E-state index contributed by atoms with van der Waals surface area (Å²) in [6.45, 7) is 8.98. The summed E-state index contributed by atoms with van der Waals surface area (Å²) in [4.78, 5) is -0.131. The fourth-order valence-corrected chi connectivity index (χ4v) is 3.39. The average molecular weight is 257 g/mol. The molecule has 0 amide bonds. The van der Waals surface area contributed by atoms with Crippen LogP contribution in [0.5, 0.6) is 0 Å². The lowest BCUT2D eigenvalue weighted by Crippen LogP contribution is -2.13. The Balaban J connectivity index is 2.21. The fraction of sp³-hybridized carbons (Fsp3) is 0.571. The first-order valence-corrected chi connectivity index (χ1v) is 6.41. The normalized spacial score (nSPS) is 24.1. The zero-order valence-electron chi connectivity index (χ0n) is 10.3. The van der Waals surface area contributed by atoms with E-state index in [2.05, 4.69) is 39.8 Å². The second kappa shape index (κ2) is 3.40. The fourth-order valence-electron chi connectivity index (χ4n) is 2.69. The van der Waals surface area contributed by atoms with Crippen molar-refractivity contribution in [3.63, 3.8) is 0 Å². The van der Waals surface area contributed by atoms with E-state index in [0.29, 0.717) is 0 Å². The van der Waals surface area contributed by atoms with E-state index in [1.807, 2.05) is 12.1 Å². The van der Waals surface area contributed by atoms with Gasteiger partial charge in [-0.3, -0.25) is 0 Å². The first-order valence-electron chi connectivity index (χ1n) is 5.66. The van der Waals surface area contributed by atoms with Crippen LogP contribution in [0.4, 0.5) is 0 Å². The molecule has 0 N–H and O–H groups in total. The molecule has 0 spiro atoms. The van der Waals surface area contributed by atoms with Crippen molar-refractivity contribution in [3.8, 4) is 0 Å². The minimum Gasteiger partial charge on any atom is -0.118 e. The van der Waals surface area contributed by atoms with Crippen LogP contribution in [0.25, 0.3) is 0 Å². The summed E-state index contributed by atoms with van der Waals surface area (Å²) in [5.74, 6) is 0. The van der Waals surface area contributed by atoms with E-state index in [4.69, 9.17) is 23.2 Å². The van der Waals surface area contributed by atoms with Gasteiger partial charge < -0.3 is 0 Å². The molecule has 0 atom stereocenters. The van der Waals surface area contributed by atoms with E-state index in [0.717, 1.165) is 11.4 Å². The third-order valence-electron chi connectivity index (χ3n) is 4.84. The van der Waals surface area contributed by atoms with Gasteiger partial charge in [0.15, 0.2) is 0 Å². The van der Waals surface area contributed by atoms with Crippen LogP contribution in [0.3, 0.4) is 0 Å². The quantitative estimate of drug-likeness (QED) is 0.659. The molecule has 0 unspecified atom stereocenters. The van der Waals surface area contributed by atoms with Crippen LogP contribution in [0.1, 0.15) is 33.3 Å². The zero-order chi connectivity index (χ0) is 12.2. The van der Waals surface area contributed by atoms with Crippen molar-refractivity contribution < 1.29 is 0 Å². The first-order chi connectivity index (χ1) is 7.22. The topological polar surface area (TPSA) is 0 Å². The summed E-state index contributed by atoms with van der Waals surface area (Å²) in [5.41, 5.74) is 1.63. The molecule has 0 radical (unpaired) electrons. The van der Waals surface area contributed by atoms with Crippen molar-refractivity contribution in [3.05, 3.63) is 34.9 Å². The Bertz CT molecular complexity index is 387. The Morgan fingerprint density at radius 3 is 1.75 bits per heavy atom. The van der Waals surface area contributed by atoms with Gasteiger partial charge >= 0.3 is 0 Å². The van der Waals surface area contributed by atoms with Gasteiger partial charge in [-0.2, -0.15) is 0 Å². The molecule has 1 aliphatic rings. The molecule has 1 aromatic rings. The molecule has 1 saturated carbocycles. The molecule has 0 nitrogen and oxygen atoms in total. The second-order valence-corrected chi connectivity index (χ2v) is 6.94. The van der Waals surface area contributed by atoms with Crippen molar-refractivity contribution in [2.24, 2.45) is 10.8 Å². The van der Waals surface area contributed by atoms with E-state index in [-0.39, 0.29) is 15.7 Å². The first kappa shape index (κ1) is 12.3. The van der Waals surface area contributed by atoms with Crippen molar-refractivity contribution in [1.29, 1.82) is 0 Å². The number of rotatable bonds is 2. The molecule has 2 rings (SSSR count). The summed E-state index contributed by atoms with van der Waals surface area (Å²) < 4.78 is 0. The number of hydrogen-bond acceptors (Lipinski definition) is 0. The van der Waals surface area contributed by atoms with E-state index in [9.17, 15) is 0 Å². The van der Waals surface area contributed by atoms with Gasteiger partial charge in [-0.05, 0) is 34.9 Å². The third kappa shape index (κ3) is 1.43. The Labute approximate surface area is 108 Å². The maximum atomic E-state index is 6.77. The number of benzene rings is 1. The minimum atomic E-state index is -0.131. The Hall–Kier alpha value is -0.200. The number of hydrogen-bond donors (Lipinski definition) is 0. The molecule has 0 heterocycles. The lowest BCUT2D eigenvalue weighted by atomic mass is 10.0. The predicted molar refractivity (Wildman–Crippen MR) is 71.3 cm³/mol. The monoisotopic (exact) mass is 256 g/mol. The van der Waals surface area contributed by atoms with Crippen LogP contribution in [0, 0.1) is 10.8 Å². The minimum absolute atomic E-state index is 0.131. The van der Waals surface area contributed by atoms with Crippen LogP contribution in [-0.4, -0.2) is 4.87 Å². The summed E-state index contributed by atoms with van der Waals surface area (Å²) in [7, 11) is 0. The molecule has 2 heteroatoms. The van der Waals surface area contributed by atoms with E-state index in [1.165, 1.54) is 5.56 Å². The molecule has 0 saturated heterocycles. The van der Waals surface area contributed by atoms with Gasteiger partial charge in [-0.25, -0.2) is 0 Å². The van der Waals surface area contributed by atoms with Crippen LogP contribution in [-0.2, 0) is 6.42 Å². The number of alkyl halides is 1. The van der Waals surface area contributed by atoms with Gasteiger partial charge in [0.25, 0.3) is 0 Å². The second-order valence-electron chi connectivity index (χ2n) is 5.85. The van der Waals surface area contributed by atoms with Crippen molar-refractivity contribution in [2.45, 2.75) is 39.0 Å². The van der Waals surface area contributed by atoms with E-state index < -0.39 is 0 Å². The molecule has 0 bridgehead atoms. The highest BCUT2D eigenvalue weighted by Crippen LogP contribution is 2.75. The Morgan fingerprint density at radius 2 is 1.38 bits per heavy atom. The van der Waals surface area contributed by atoms with Gasteiger partial charge in [0.05, 0.1) is 4.87 Å². The van der Waals surface area contributed by atoms with E-state index >= 15 is 0 Å². The summed E-state index contributed by atoms with van der Waals surface area (Å²) in [6, 6.07) is 7.99. The lowest BCUT2D eigenvalue weighted by Gasteiger charge is -2.13. The van der Waals surface area contributed by atoms with Crippen molar-refractivity contribution in [1.82, 2.24) is 0 Å². The largest absolute Gasteiger partial charge is 0.118 e. The lowest BCUT2D eigenvalue weighted by molar-refractivity contribution is 0.457. The molecule has 1 aromatic carbocycles. The Kier molecular flexibility index (Phi) is 2.60. The standard InChI is InChI=1S/C14H18Cl2/c1-12(2)13(3,4)14(12,16)9-10-5-7-11(15)8-6-10/h5-8H,9H2,1-4H3. The maximum Gasteiger partial charge on any atom is 0.0599 e. The van der Waals surface area contributed by atoms with Gasteiger partial charge in [0.1, 0.15) is 0 Å². The summed E-state index contributed by atoms with van der Waals surface area (Å²) in [5, 5.41) is 0.779. The van der Waals surface area contributed by atoms with Crippen LogP contribution in [0.15, 0.2) is 24.3 Å². The molecular formula is C14H18Cl2. The highest BCUT2D eigenvalue weighted by molar-refractivity contribution is 6.30. The maximum absolute atomic E-state index is 6.77. The SMILES string of the molecule is CC1(C)C(C)(C)C1(Cl)Cc1ccc(Cl)cc1. The highest BCUT2D eigenvalue weighted by atomic mass is 35.5. The Morgan fingerprint density at radius 1 is 0.938 bits per heavy atom. The number of halogens is 2. The smallest absolute Gasteiger partial charge is 0.0599 e. The molecule has 0 aromatic heterocycles. The van der Waals surface area contributed by atoms with Crippen LogP contribution < -0.4 is 0 Å². The van der Waals surface area contributed by atoms with Gasteiger partial charge in [-0.1, -0.05) is 51.4 Å². The van der Waals surface area contributed by atoms with Gasteiger partial charge in [0, 0.05) is 5.02 Å². The molecule has 1 aliphatic carbocycles. The van der Waals surface area contributed by atoms with Crippen molar-refractivity contribution in [2.75, 3.05) is 0 Å². The molecule has 16 heavy (non-hydrogen) atoms. The van der Waals surface area contributed by atoms with Crippen LogP contribution >= 0.6 is 23.2 Å². The molecule has 0 aliphatic heterocycles. The summed E-state index contributed by atoms with van der Waals surface area (Å²) >= 11 is 12.6. The van der Waals surface area contributed by atoms with Gasteiger partial charge in [0.2, 0.25) is 0 Å². The van der Waals surface area contributed by atoms with Crippen molar-refractivity contribution >= 4 is 23.2 Å². The molecule has 88 valence electrons. The predicted octanol–water partition coefficient (Wildman–Crippen LogP) is 4.93.